The molecule has 0 unspecified atom stereocenters. The van der Waals surface area contributed by atoms with Crippen LogP contribution in [0.5, 0.6) is 5.75 Å². The molecule has 1 heterocycles. The first-order valence-electron chi connectivity index (χ1n) is 7.86. The van der Waals surface area contributed by atoms with Gasteiger partial charge in [-0.05, 0) is 43.3 Å². The molecule has 0 fully saturated rings. The topological polar surface area (TPSA) is 68.5 Å². The summed E-state index contributed by atoms with van der Waals surface area (Å²) in [4.78, 5) is 18.4. The highest BCUT2D eigenvalue weighted by Gasteiger charge is 2.16. The van der Waals surface area contributed by atoms with Crippen molar-refractivity contribution in [2.24, 2.45) is 0 Å². The molecule has 6 nitrogen and oxygen atoms in total. The minimum absolute atomic E-state index is 0.0899. The summed E-state index contributed by atoms with van der Waals surface area (Å²) in [5.41, 5.74) is 2.50. The van der Waals surface area contributed by atoms with Crippen LogP contribution in [0.25, 0.3) is 11.4 Å². The maximum atomic E-state index is 12.5. The van der Waals surface area contributed by atoms with Crippen molar-refractivity contribution in [1.82, 2.24) is 15.0 Å². The molecule has 0 saturated carbocycles. The van der Waals surface area contributed by atoms with Gasteiger partial charge in [-0.1, -0.05) is 22.9 Å². The number of ether oxygens (including phenoxy) is 1. The maximum Gasteiger partial charge on any atom is 0.254 e. The lowest BCUT2D eigenvalue weighted by atomic mass is 10.1. The number of carbonyl (C=O) groups is 1. The van der Waals surface area contributed by atoms with Gasteiger partial charge in [-0.25, -0.2) is 0 Å². The molecule has 0 spiro atoms. The highest BCUT2D eigenvalue weighted by Crippen LogP contribution is 2.20. The number of hydrogen-bond acceptors (Lipinski definition) is 5. The van der Waals surface area contributed by atoms with E-state index in [1.807, 2.05) is 49.4 Å². The first-order valence-corrected chi connectivity index (χ1v) is 7.86. The highest BCUT2D eigenvalue weighted by molar-refractivity contribution is 5.94. The molecule has 0 saturated heterocycles. The third kappa shape index (κ3) is 3.85. The lowest BCUT2D eigenvalue weighted by molar-refractivity contribution is 0.0769. The molecule has 3 rings (SSSR count). The Labute approximate surface area is 146 Å². The predicted octanol–water partition coefficient (Wildman–Crippen LogP) is 3.33. The van der Waals surface area contributed by atoms with E-state index in [2.05, 4.69) is 10.1 Å². The minimum atomic E-state index is -0.0899. The van der Waals surface area contributed by atoms with Gasteiger partial charge in [-0.15, -0.1) is 0 Å². The molecule has 128 valence electrons. The number of aromatic nitrogens is 2. The van der Waals surface area contributed by atoms with Crippen molar-refractivity contribution < 1.29 is 14.1 Å². The largest absolute Gasteiger partial charge is 0.497 e. The fourth-order valence-corrected chi connectivity index (χ4v) is 2.45. The van der Waals surface area contributed by atoms with E-state index in [0.717, 1.165) is 16.9 Å². The Bertz CT molecular complexity index is 872. The predicted molar refractivity (Wildman–Crippen MR) is 93.3 cm³/mol. The molecular formula is C19H19N3O3. The Morgan fingerprint density at radius 1 is 1.20 bits per heavy atom. The standard InChI is InChI=1S/C19H19N3O3/c1-13-5-4-6-15(11-13)19(23)22(2)12-17-20-18(21-25-17)14-7-9-16(24-3)10-8-14/h4-11H,12H2,1-3H3. The summed E-state index contributed by atoms with van der Waals surface area (Å²) in [6, 6.07) is 14.8. The molecule has 0 aliphatic carbocycles. The van der Waals surface area contributed by atoms with Crippen LogP contribution in [0.1, 0.15) is 21.8 Å². The van der Waals surface area contributed by atoms with E-state index in [1.165, 1.54) is 0 Å². The van der Waals surface area contributed by atoms with Gasteiger partial charge < -0.3 is 14.2 Å². The van der Waals surface area contributed by atoms with Crippen LogP contribution < -0.4 is 4.74 Å². The molecule has 3 aromatic rings. The van der Waals surface area contributed by atoms with E-state index in [9.17, 15) is 4.79 Å². The second-order valence-corrected chi connectivity index (χ2v) is 5.77. The normalized spacial score (nSPS) is 10.5. The van der Waals surface area contributed by atoms with Gasteiger partial charge in [0, 0.05) is 18.2 Å². The van der Waals surface area contributed by atoms with Crippen molar-refractivity contribution in [3.05, 3.63) is 65.5 Å². The summed E-state index contributed by atoms with van der Waals surface area (Å²) in [6.07, 6.45) is 0. The quantitative estimate of drug-likeness (QED) is 0.714. The smallest absolute Gasteiger partial charge is 0.254 e. The SMILES string of the molecule is COc1ccc(-c2noc(CN(C)C(=O)c3cccc(C)c3)n2)cc1. The van der Waals surface area contributed by atoms with Crippen LogP contribution in [0, 0.1) is 6.92 Å². The zero-order valence-electron chi connectivity index (χ0n) is 14.4. The second kappa shape index (κ2) is 7.17. The summed E-state index contributed by atoms with van der Waals surface area (Å²) in [6.45, 7) is 2.20. The van der Waals surface area contributed by atoms with Gasteiger partial charge in [-0.3, -0.25) is 4.79 Å². The number of carbonyl (C=O) groups excluding carboxylic acids is 1. The Balaban J connectivity index is 1.71. The number of rotatable bonds is 5. The van der Waals surface area contributed by atoms with Gasteiger partial charge in [0.25, 0.3) is 5.91 Å². The monoisotopic (exact) mass is 337 g/mol. The van der Waals surface area contributed by atoms with Crippen LogP contribution in [0.15, 0.2) is 53.1 Å². The molecule has 0 radical (unpaired) electrons. The third-order valence-corrected chi connectivity index (χ3v) is 3.80. The number of nitrogens with zero attached hydrogens (tertiary/aromatic N) is 3. The number of aryl methyl sites for hydroxylation is 1. The van der Waals surface area contributed by atoms with E-state index in [0.29, 0.717) is 17.3 Å². The van der Waals surface area contributed by atoms with Gasteiger partial charge in [0.15, 0.2) is 0 Å². The molecule has 25 heavy (non-hydrogen) atoms. The molecule has 0 N–H and O–H groups in total. The van der Waals surface area contributed by atoms with Crippen LogP contribution in [0.3, 0.4) is 0 Å². The van der Waals surface area contributed by atoms with Crippen molar-refractivity contribution in [3.63, 3.8) is 0 Å². The summed E-state index contributed by atoms with van der Waals surface area (Å²) in [5.74, 6) is 1.53. The number of amides is 1. The van der Waals surface area contributed by atoms with Gasteiger partial charge >= 0.3 is 0 Å². The molecule has 1 amide bonds. The lowest BCUT2D eigenvalue weighted by Crippen LogP contribution is -2.26. The first kappa shape index (κ1) is 16.7. The molecular weight excluding hydrogens is 318 g/mol. The van der Waals surface area contributed by atoms with Crippen LogP contribution in [-0.4, -0.2) is 35.1 Å². The van der Waals surface area contributed by atoms with Gasteiger partial charge in [0.05, 0.1) is 13.7 Å². The van der Waals surface area contributed by atoms with E-state index < -0.39 is 0 Å². The fourth-order valence-electron chi connectivity index (χ4n) is 2.45. The molecule has 6 heteroatoms. The molecule has 0 aliphatic heterocycles. The number of methoxy groups -OCH3 is 1. The Morgan fingerprint density at radius 2 is 1.96 bits per heavy atom. The number of benzene rings is 2. The summed E-state index contributed by atoms with van der Waals surface area (Å²) in [7, 11) is 3.32. The minimum Gasteiger partial charge on any atom is -0.497 e. The van der Waals surface area contributed by atoms with E-state index in [1.54, 1.807) is 25.1 Å². The molecule has 0 atom stereocenters. The summed E-state index contributed by atoms with van der Waals surface area (Å²) >= 11 is 0. The fraction of sp³-hybridized carbons (Fsp3) is 0.211. The van der Waals surface area contributed by atoms with E-state index >= 15 is 0 Å². The zero-order chi connectivity index (χ0) is 17.8. The van der Waals surface area contributed by atoms with Crippen LogP contribution in [0.2, 0.25) is 0 Å². The first-order chi connectivity index (χ1) is 12.1. The number of hydrogen-bond donors (Lipinski definition) is 0. The maximum absolute atomic E-state index is 12.5. The van der Waals surface area contributed by atoms with Crippen molar-refractivity contribution in [3.8, 4) is 17.1 Å². The van der Waals surface area contributed by atoms with Crippen LogP contribution in [-0.2, 0) is 6.54 Å². The van der Waals surface area contributed by atoms with Crippen LogP contribution >= 0.6 is 0 Å². The van der Waals surface area contributed by atoms with E-state index in [4.69, 9.17) is 9.26 Å². The average Bonchev–Trinajstić information content (AvgIpc) is 3.09. The lowest BCUT2D eigenvalue weighted by Gasteiger charge is -2.14. The van der Waals surface area contributed by atoms with Crippen molar-refractivity contribution in [1.29, 1.82) is 0 Å². The Hall–Kier alpha value is -3.15. The second-order valence-electron chi connectivity index (χ2n) is 5.77. The molecule has 2 aromatic carbocycles. The Kier molecular flexibility index (Phi) is 4.79. The average molecular weight is 337 g/mol. The molecule has 0 aliphatic rings. The van der Waals surface area contributed by atoms with Gasteiger partial charge in [0.2, 0.25) is 11.7 Å². The van der Waals surface area contributed by atoms with Crippen molar-refractivity contribution in [2.75, 3.05) is 14.2 Å². The van der Waals surface area contributed by atoms with Crippen molar-refractivity contribution in [2.45, 2.75) is 13.5 Å². The van der Waals surface area contributed by atoms with Gasteiger partial charge in [-0.2, -0.15) is 4.98 Å². The van der Waals surface area contributed by atoms with Gasteiger partial charge in [0.1, 0.15) is 5.75 Å². The molecule has 1 aromatic heterocycles. The van der Waals surface area contributed by atoms with Crippen molar-refractivity contribution >= 4 is 5.91 Å². The van der Waals surface area contributed by atoms with Crippen LogP contribution in [0.4, 0.5) is 0 Å². The third-order valence-electron chi connectivity index (χ3n) is 3.80. The highest BCUT2D eigenvalue weighted by atomic mass is 16.5. The zero-order valence-corrected chi connectivity index (χ0v) is 14.4. The summed E-state index contributed by atoms with van der Waals surface area (Å²) in [5, 5.41) is 3.98. The van der Waals surface area contributed by atoms with E-state index in [-0.39, 0.29) is 12.5 Å². The Morgan fingerprint density at radius 3 is 2.64 bits per heavy atom. The summed E-state index contributed by atoms with van der Waals surface area (Å²) < 4.78 is 10.4. The molecule has 0 bridgehead atoms.